The number of hydrogen-bond donors (Lipinski definition) is 3. The summed E-state index contributed by atoms with van der Waals surface area (Å²) < 4.78 is 39.2. The van der Waals surface area contributed by atoms with Crippen LogP contribution in [0.2, 0.25) is 0 Å². The molecule has 3 N–H and O–H groups in total. The Morgan fingerprint density at radius 2 is 1.97 bits per heavy atom. The first-order chi connectivity index (χ1) is 16.5. The SMILES string of the molecule is CNc1cc(Nc2ccc(S(=O)(=O)N3CCC(N4CCOC4)CC3)cc2OC)nc2[nH]ccc12. The van der Waals surface area contributed by atoms with E-state index < -0.39 is 10.0 Å². The molecular weight excluding hydrogens is 456 g/mol. The van der Waals surface area contributed by atoms with Crippen molar-refractivity contribution in [3.63, 3.8) is 0 Å². The predicted molar refractivity (Wildman–Crippen MR) is 131 cm³/mol. The quantitative estimate of drug-likeness (QED) is 0.468. The highest BCUT2D eigenvalue weighted by atomic mass is 32.2. The number of piperidine rings is 1. The molecule has 182 valence electrons. The third kappa shape index (κ3) is 4.31. The average Bonchev–Trinajstić information content (AvgIpc) is 3.56. The van der Waals surface area contributed by atoms with E-state index in [-0.39, 0.29) is 4.90 Å². The molecular formula is C23H30N6O4S. The van der Waals surface area contributed by atoms with Gasteiger partial charge in [0.1, 0.15) is 17.2 Å². The minimum Gasteiger partial charge on any atom is -0.495 e. The molecule has 5 rings (SSSR count). The second-order valence-electron chi connectivity index (χ2n) is 8.52. The van der Waals surface area contributed by atoms with E-state index >= 15 is 0 Å². The van der Waals surface area contributed by atoms with Crippen LogP contribution >= 0.6 is 0 Å². The molecule has 2 saturated heterocycles. The van der Waals surface area contributed by atoms with Crippen LogP contribution in [0.3, 0.4) is 0 Å². The van der Waals surface area contributed by atoms with Crippen LogP contribution < -0.4 is 15.4 Å². The summed E-state index contributed by atoms with van der Waals surface area (Å²) in [6.45, 7) is 3.32. The van der Waals surface area contributed by atoms with Crippen LogP contribution in [0, 0.1) is 0 Å². The van der Waals surface area contributed by atoms with Crippen LogP contribution in [-0.2, 0) is 14.8 Å². The number of rotatable bonds is 7. The van der Waals surface area contributed by atoms with Gasteiger partial charge in [-0.1, -0.05) is 0 Å². The smallest absolute Gasteiger partial charge is 0.243 e. The van der Waals surface area contributed by atoms with Gasteiger partial charge in [-0.2, -0.15) is 4.31 Å². The Labute approximate surface area is 199 Å². The second-order valence-corrected chi connectivity index (χ2v) is 10.5. The number of hydrogen-bond acceptors (Lipinski definition) is 8. The maximum Gasteiger partial charge on any atom is 0.243 e. The van der Waals surface area contributed by atoms with Crippen molar-refractivity contribution in [2.45, 2.75) is 23.8 Å². The molecule has 4 heterocycles. The zero-order valence-electron chi connectivity index (χ0n) is 19.4. The fourth-order valence-electron chi connectivity index (χ4n) is 4.69. The first kappa shape index (κ1) is 22.9. The summed E-state index contributed by atoms with van der Waals surface area (Å²) in [6.07, 6.45) is 3.45. The number of H-pyrrole nitrogens is 1. The number of nitrogens with zero attached hydrogens (tertiary/aromatic N) is 3. The molecule has 0 amide bonds. The van der Waals surface area contributed by atoms with Crippen molar-refractivity contribution in [1.29, 1.82) is 0 Å². The van der Waals surface area contributed by atoms with Gasteiger partial charge in [-0.25, -0.2) is 13.4 Å². The monoisotopic (exact) mass is 486 g/mol. The number of methoxy groups -OCH3 is 1. The van der Waals surface area contributed by atoms with Gasteiger partial charge in [0.2, 0.25) is 10.0 Å². The van der Waals surface area contributed by atoms with Crippen molar-refractivity contribution >= 4 is 38.2 Å². The molecule has 2 aliphatic rings. The molecule has 0 aliphatic carbocycles. The molecule has 2 aromatic heterocycles. The topological polar surface area (TPSA) is 112 Å². The summed E-state index contributed by atoms with van der Waals surface area (Å²) in [5, 5.41) is 7.41. The van der Waals surface area contributed by atoms with E-state index in [1.54, 1.807) is 22.5 Å². The van der Waals surface area contributed by atoms with Crippen molar-refractivity contribution in [3.8, 4) is 5.75 Å². The molecule has 2 fully saturated rings. The Bertz CT molecular complexity index is 1260. The van der Waals surface area contributed by atoms with Gasteiger partial charge >= 0.3 is 0 Å². The van der Waals surface area contributed by atoms with Gasteiger partial charge in [-0.05, 0) is 31.0 Å². The van der Waals surface area contributed by atoms with Crippen LogP contribution in [0.5, 0.6) is 5.75 Å². The fourth-order valence-corrected chi connectivity index (χ4v) is 6.18. The molecule has 1 aromatic carbocycles. The number of anilines is 3. The van der Waals surface area contributed by atoms with Gasteiger partial charge in [0.05, 0.1) is 31.0 Å². The van der Waals surface area contributed by atoms with E-state index in [2.05, 4.69) is 25.5 Å². The van der Waals surface area contributed by atoms with E-state index in [1.165, 1.54) is 7.11 Å². The Hall–Kier alpha value is -2.86. The van der Waals surface area contributed by atoms with Gasteiger partial charge < -0.3 is 25.1 Å². The van der Waals surface area contributed by atoms with E-state index in [0.29, 0.717) is 43.1 Å². The standard InChI is InChI=1S/C23H30N6O4S/c1-24-20-14-22(27-23-18(20)5-8-25-23)26-19-4-3-17(13-21(19)32-2)34(30,31)29-9-6-16(7-10-29)28-11-12-33-15-28/h3-5,8,13-14,16H,6-7,9-12,15H2,1-2H3,(H3,24,25,26,27). The number of aromatic amines is 1. The lowest BCUT2D eigenvalue weighted by Gasteiger charge is -2.35. The molecule has 0 unspecified atom stereocenters. The minimum atomic E-state index is -3.62. The molecule has 11 heteroatoms. The van der Waals surface area contributed by atoms with Crippen LogP contribution in [0.15, 0.2) is 41.4 Å². The number of sulfonamides is 1. The summed E-state index contributed by atoms with van der Waals surface area (Å²) in [6, 6.07) is 9.15. The zero-order valence-corrected chi connectivity index (χ0v) is 20.2. The molecule has 0 bridgehead atoms. The number of pyridine rings is 1. The summed E-state index contributed by atoms with van der Waals surface area (Å²) in [4.78, 5) is 10.2. The Morgan fingerprint density at radius 3 is 2.68 bits per heavy atom. The van der Waals surface area contributed by atoms with Gasteiger partial charge in [0.25, 0.3) is 0 Å². The van der Waals surface area contributed by atoms with Gasteiger partial charge in [0.15, 0.2) is 0 Å². The maximum atomic E-state index is 13.3. The number of aromatic nitrogens is 2. The molecule has 2 aliphatic heterocycles. The van der Waals surface area contributed by atoms with Crippen LogP contribution in [0.1, 0.15) is 12.8 Å². The predicted octanol–water partition coefficient (Wildman–Crippen LogP) is 2.80. The van der Waals surface area contributed by atoms with E-state index in [1.807, 2.05) is 25.4 Å². The first-order valence-corrected chi connectivity index (χ1v) is 12.9. The molecule has 0 atom stereocenters. The minimum absolute atomic E-state index is 0.224. The third-order valence-electron chi connectivity index (χ3n) is 6.59. The lowest BCUT2D eigenvalue weighted by atomic mass is 10.1. The van der Waals surface area contributed by atoms with Gasteiger partial charge in [-0.3, -0.25) is 4.90 Å². The highest BCUT2D eigenvalue weighted by Gasteiger charge is 2.33. The highest BCUT2D eigenvalue weighted by Crippen LogP contribution is 2.33. The van der Waals surface area contributed by atoms with Crippen molar-refractivity contribution in [2.75, 3.05) is 57.8 Å². The summed E-state index contributed by atoms with van der Waals surface area (Å²) >= 11 is 0. The van der Waals surface area contributed by atoms with Crippen LogP contribution in [0.4, 0.5) is 17.2 Å². The summed E-state index contributed by atoms with van der Waals surface area (Å²) in [5.41, 5.74) is 2.31. The molecule has 10 nitrogen and oxygen atoms in total. The molecule has 0 spiro atoms. The van der Waals surface area contributed by atoms with Crippen LogP contribution in [0.25, 0.3) is 11.0 Å². The lowest BCUT2D eigenvalue weighted by Crippen LogP contribution is -2.45. The van der Waals surface area contributed by atoms with E-state index in [4.69, 9.17) is 9.47 Å². The number of benzene rings is 1. The van der Waals surface area contributed by atoms with Crippen molar-refractivity contribution in [1.82, 2.24) is 19.2 Å². The van der Waals surface area contributed by atoms with Gasteiger partial charge in [0, 0.05) is 62.1 Å². The summed E-state index contributed by atoms with van der Waals surface area (Å²) in [5.74, 6) is 1.05. The molecule has 0 saturated carbocycles. The van der Waals surface area contributed by atoms with Crippen molar-refractivity contribution in [3.05, 3.63) is 36.5 Å². The highest BCUT2D eigenvalue weighted by molar-refractivity contribution is 7.89. The Kier molecular flexibility index (Phi) is 6.34. The van der Waals surface area contributed by atoms with Gasteiger partial charge in [-0.15, -0.1) is 0 Å². The Morgan fingerprint density at radius 1 is 1.15 bits per heavy atom. The zero-order chi connectivity index (χ0) is 23.7. The Balaban J connectivity index is 1.34. The van der Waals surface area contributed by atoms with Crippen molar-refractivity contribution < 1.29 is 17.9 Å². The maximum absolute atomic E-state index is 13.3. The normalized spacial score (nSPS) is 18.4. The largest absolute Gasteiger partial charge is 0.495 e. The lowest BCUT2D eigenvalue weighted by molar-refractivity contribution is 0.0922. The number of fused-ring (bicyclic) bond motifs is 1. The number of ether oxygens (including phenoxy) is 2. The number of nitrogens with one attached hydrogen (secondary N) is 3. The van der Waals surface area contributed by atoms with Crippen molar-refractivity contribution in [2.24, 2.45) is 0 Å². The summed E-state index contributed by atoms with van der Waals surface area (Å²) in [7, 11) is -0.234. The van der Waals surface area contributed by atoms with E-state index in [0.717, 1.165) is 42.7 Å². The average molecular weight is 487 g/mol. The fraction of sp³-hybridized carbons (Fsp3) is 0.435. The second kappa shape index (κ2) is 9.41. The third-order valence-corrected chi connectivity index (χ3v) is 8.49. The van der Waals surface area contributed by atoms with Crippen LogP contribution in [-0.4, -0.2) is 80.8 Å². The molecule has 0 radical (unpaired) electrons. The van der Waals surface area contributed by atoms with E-state index in [9.17, 15) is 8.42 Å². The molecule has 3 aromatic rings. The molecule has 34 heavy (non-hydrogen) atoms. The first-order valence-electron chi connectivity index (χ1n) is 11.4.